The Balaban J connectivity index is 1.59. The highest BCUT2D eigenvalue weighted by atomic mass is 19.1. The molecule has 3 nitrogen and oxygen atoms in total. The topological polar surface area (TPSA) is 29.5 Å². The van der Waals surface area contributed by atoms with Crippen LogP contribution in [0.2, 0.25) is 0 Å². The van der Waals surface area contributed by atoms with Crippen molar-refractivity contribution < 1.29 is 13.9 Å². The average Bonchev–Trinajstić information content (AvgIpc) is 2.53. The summed E-state index contributed by atoms with van der Waals surface area (Å²) in [4.78, 5) is 14.5. The molecule has 0 aromatic heterocycles. The maximum Gasteiger partial charge on any atom is 0.341 e. The van der Waals surface area contributed by atoms with Crippen LogP contribution in [0, 0.1) is 11.7 Å². The lowest BCUT2D eigenvalue weighted by Crippen LogP contribution is -2.49. The smallest absolute Gasteiger partial charge is 0.341 e. The molecule has 1 aromatic rings. The standard InChI is InChI=1S/C17H22FNO2/c18-15-8-2-1-7-14(15)17(20)21-12-13-6-5-11-19-10-4-3-9-16(13)19/h1-2,7-8,13,16H,3-6,9-12H2/t13-,16-/m1/s1. The summed E-state index contributed by atoms with van der Waals surface area (Å²) in [5, 5.41) is 0. The number of fused-ring (bicyclic) bond motifs is 1. The van der Waals surface area contributed by atoms with Gasteiger partial charge in [0.05, 0.1) is 12.2 Å². The molecule has 0 unspecified atom stereocenters. The van der Waals surface area contributed by atoms with Crippen LogP contribution in [0.15, 0.2) is 24.3 Å². The zero-order chi connectivity index (χ0) is 14.7. The number of hydrogen-bond acceptors (Lipinski definition) is 3. The molecular weight excluding hydrogens is 269 g/mol. The zero-order valence-corrected chi connectivity index (χ0v) is 12.3. The number of nitrogens with zero attached hydrogens (tertiary/aromatic N) is 1. The lowest BCUT2D eigenvalue weighted by molar-refractivity contribution is 0.00712. The van der Waals surface area contributed by atoms with Crippen molar-refractivity contribution in [3.05, 3.63) is 35.6 Å². The van der Waals surface area contributed by atoms with Gasteiger partial charge in [-0.3, -0.25) is 4.90 Å². The van der Waals surface area contributed by atoms with E-state index >= 15 is 0 Å². The van der Waals surface area contributed by atoms with Crippen molar-refractivity contribution in [3.8, 4) is 0 Å². The molecule has 21 heavy (non-hydrogen) atoms. The Morgan fingerprint density at radius 3 is 2.86 bits per heavy atom. The summed E-state index contributed by atoms with van der Waals surface area (Å²) in [6.07, 6.45) is 6.00. The van der Waals surface area contributed by atoms with Gasteiger partial charge in [0.2, 0.25) is 0 Å². The van der Waals surface area contributed by atoms with E-state index in [0.29, 0.717) is 18.6 Å². The second kappa shape index (κ2) is 6.56. The van der Waals surface area contributed by atoms with E-state index in [1.807, 2.05) is 0 Å². The minimum atomic E-state index is -0.541. The van der Waals surface area contributed by atoms with Gasteiger partial charge in [-0.05, 0) is 50.9 Å². The lowest BCUT2D eigenvalue weighted by Gasteiger charge is -2.44. The van der Waals surface area contributed by atoms with E-state index in [1.165, 1.54) is 50.9 Å². The summed E-state index contributed by atoms with van der Waals surface area (Å²) in [5.41, 5.74) is 0.0359. The van der Waals surface area contributed by atoms with Crippen LogP contribution in [0.25, 0.3) is 0 Å². The predicted octanol–water partition coefficient (Wildman–Crippen LogP) is 3.25. The van der Waals surface area contributed by atoms with E-state index < -0.39 is 11.8 Å². The third-order valence-electron chi connectivity index (χ3n) is 4.75. The summed E-state index contributed by atoms with van der Waals surface area (Å²) in [5.74, 6) is -0.652. The molecule has 0 amide bonds. The van der Waals surface area contributed by atoms with Gasteiger partial charge >= 0.3 is 5.97 Å². The number of hydrogen-bond donors (Lipinski definition) is 0. The van der Waals surface area contributed by atoms with Crippen LogP contribution in [0.4, 0.5) is 4.39 Å². The van der Waals surface area contributed by atoms with Crippen molar-refractivity contribution >= 4 is 5.97 Å². The molecule has 2 heterocycles. The highest BCUT2D eigenvalue weighted by Crippen LogP contribution is 2.31. The maximum atomic E-state index is 13.6. The third kappa shape index (κ3) is 3.26. The van der Waals surface area contributed by atoms with Gasteiger partial charge in [-0.25, -0.2) is 9.18 Å². The number of carbonyl (C=O) groups excluding carboxylic acids is 1. The minimum absolute atomic E-state index is 0.0359. The largest absolute Gasteiger partial charge is 0.462 e. The second-order valence-corrected chi connectivity index (χ2v) is 6.08. The first kappa shape index (κ1) is 14.5. The first-order chi connectivity index (χ1) is 10.3. The van der Waals surface area contributed by atoms with E-state index in [-0.39, 0.29) is 5.56 Å². The van der Waals surface area contributed by atoms with Crippen molar-refractivity contribution in [1.82, 2.24) is 4.90 Å². The number of rotatable bonds is 3. The van der Waals surface area contributed by atoms with E-state index in [0.717, 1.165) is 6.42 Å². The summed E-state index contributed by atoms with van der Waals surface area (Å²) < 4.78 is 19.0. The average molecular weight is 291 g/mol. The van der Waals surface area contributed by atoms with E-state index in [2.05, 4.69) is 4.90 Å². The van der Waals surface area contributed by atoms with E-state index in [1.54, 1.807) is 12.1 Å². The molecule has 0 saturated carbocycles. The highest BCUT2D eigenvalue weighted by molar-refractivity contribution is 5.89. The normalized spacial score (nSPS) is 26.1. The molecule has 1 aromatic carbocycles. The molecule has 114 valence electrons. The second-order valence-electron chi connectivity index (χ2n) is 6.08. The van der Waals surface area contributed by atoms with Crippen LogP contribution >= 0.6 is 0 Å². The van der Waals surface area contributed by atoms with Crippen molar-refractivity contribution in [1.29, 1.82) is 0 Å². The molecule has 2 aliphatic heterocycles. The van der Waals surface area contributed by atoms with Crippen molar-refractivity contribution in [2.45, 2.75) is 38.1 Å². The molecule has 0 N–H and O–H groups in total. The van der Waals surface area contributed by atoms with Crippen LogP contribution in [0.5, 0.6) is 0 Å². The van der Waals surface area contributed by atoms with Gasteiger partial charge in [-0.2, -0.15) is 0 Å². The van der Waals surface area contributed by atoms with Gasteiger partial charge in [-0.15, -0.1) is 0 Å². The van der Waals surface area contributed by atoms with Crippen molar-refractivity contribution in [3.63, 3.8) is 0 Å². The molecule has 2 saturated heterocycles. The maximum absolute atomic E-state index is 13.6. The molecule has 0 spiro atoms. The first-order valence-electron chi connectivity index (χ1n) is 7.91. The minimum Gasteiger partial charge on any atom is -0.462 e. The van der Waals surface area contributed by atoms with Crippen LogP contribution in [0.3, 0.4) is 0 Å². The lowest BCUT2D eigenvalue weighted by atomic mass is 9.84. The molecular formula is C17H22FNO2. The van der Waals surface area contributed by atoms with Crippen molar-refractivity contribution in [2.75, 3.05) is 19.7 Å². The molecule has 0 bridgehead atoms. The van der Waals surface area contributed by atoms with E-state index in [4.69, 9.17) is 4.74 Å². The number of piperidine rings is 2. The van der Waals surface area contributed by atoms with Crippen LogP contribution in [-0.2, 0) is 4.74 Å². The molecule has 0 aliphatic carbocycles. The third-order valence-corrected chi connectivity index (χ3v) is 4.75. The Hall–Kier alpha value is -1.42. The number of benzene rings is 1. The SMILES string of the molecule is O=C(OC[C@H]1CCCN2CCCC[C@H]12)c1ccccc1F. The Kier molecular flexibility index (Phi) is 4.54. The van der Waals surface area contributed by atoms with Crippen molar-refractivity contribution in [2.24, 2.45) is 5.92 Å². The summed E-state index contributed by atoms with van der Waals surface area (Å²) in [6, 6.07) is 6.54. The van der Waals surface area contributed by atoms with Crippen LogP contribution in [-0.4, -0.2) is 36.6 Å². The van der Waals surface area contributed by atoms with Gasteiger partial charge in [0.25, 0.3) is 0 Å². The summed E-state index contributed by atoms with van der Waals surface area (Å²) in [6.45, 7) is 2.75. The summed E-state index contributed by atoms with van der Waals surface area (Å²) >= 11 is 0. The molecule has 3 rings (SSSR count). The molecule has 2 aliphatic rings. The van der Waals surface area contributed by atoms with E-state index in [9.17, 15) is 9.18 Å². The monoisotopic (exact) mass is 291 g/mol. The number of ether oxygens (including phenoxy) is 1. The number of halogens is 1. The van der Waals surface area contributed by atoms with Crippen LogP contribution in [0.1, 0.15) is 42.5 Å². The molecule has 2 fully saturated rings. The Morgan fingerprint density at radius 2 is 2.00 bits per heavy atom. The Bertz CT molecular complexity index is 503. The predicted molar refractivity (Wildman–Crippen MR) is 78.6 cm³/mol. The quantitative estimate of drug-likeness (QED) is 0.801. The van der Waals surface area contributed by atoms with Gasteiger partial charge in [0.1, 0.15) is 5.82 Å². The molecule has 2 atom stereocenters. The summed E-state index contributed by atoms with van der Waals surface area (Å²) in [7, 11) is 0. The number of carbonyl (C=O) groups is 1. The fourth-order valence-electron chi connectivity index (χ4n) is 3.66. The number of esters is 1. The van der Waals surface area contributed by atoms with Crippen LogP contribution < -0.4 is 0 Å². The van der Waals surface area contributed by atoms with Gasteiger partial charge in [0, 0.05) is 12.0 Å². The van der Waals surface area contributed by atoms with Gasteiger partial charge in [0.15, 0.2) is 0 Å². The molecule has 0 radical (unpaired) electrons. The van der Waals surface area contributed by atoms with Gasteiger partial charge in [-0.1, -0.05) is 18.6 Å². The fourth-order valence-corrected chi connectivity index (χ4v) is 3.66. The fraction of sp³-hybridized carbons (Fsp3) is 0.588. The van der Waals surface area contributed by atoms with Gasteiger partial charge < -0.3 is 4.74 Å². The molecule has 4 heteroatoms. The Morgan fingerprint density at radius 1 is 1.19 bits per heavy atom. The highest BCUT2D eigenvalue weighted by Gasteiger charge is 2.33. The first-order valence-corrected chi connectivity index (χ1v) is 7.91. The zero-order valence-electron chi connectivity index (χ0n) is 12.3. The Labute approximate surface area is 125 Å².